The average Bonchev–Trinajstić information content (AvgIpc) is 0.811. The fourth-order valence-corrected chi connectivity index (χ4v) is 0. The minimum atomic E-state index is -2.33. The molecule has 0 spiro atoms. The van der Waals surface area contributed by atoms with Crippen molar-refractivity contribution in [2.45, 2.75) is 0 Å². The van der Waals surface area contributed by atoms with Crippen molar-refractivity contribution < 1.29 is 70.3 Å². The van der Waals surface area contributed by atoms with E-state index in [1.54, 1.807) is 0 Å². The Labute approximate surface area is 75.8 Å². The standard InChI is InChI=1S/CH2O3.2Hg/c2-1(3)4;;/h(H2,2,3,4);;/q;2*+1/p-2. The third-order valence-electron chi connectivity index (χ3n) is 0. The predicted octanol–water partition coefficient (Wildman–Crippen LogP) is -2.45. The molecule has 0 fully saturated rings. The molecule has 0 aromatic heterocycles. The van der Waals surface area contributed by atoms with Crippen molar-refractivity contribution in [3.05, 3.63) is 0 Å². The normalized spacial score (nSPS) is 4.00. The Bertz CT molecular complexity index is 31.8. The Morgan fingerprint density at radius 3 is 1.17 bits per heavy atom. The number of carbonyl (C=O) groups is 1. The molecule has 0 heterocycles. The minimum Gasteiger partial charge on any atom is -0.652 e. The molecule has 0 rings (SSSR count). The van der Waals surface area contributed by atoms with Gasteiger partial charge in [0.05, 0.1) is 0 Å². The molecule has 0 saturated carbocycles. The Hall–Kier alpha value is 1.14. The second-order valence-electron chi connectivity index (χ2n) is 0.250. The van der Waals surface area contributed by atoms with Crippen LogP contribution in [0.25, 0.3) is 0 Å². The fourth-order valence-electron chi connectivity index (χ4n) is 0. The van der Waals surface area contributed by atoms with Crippen LogP contribution in [0.15, 0.2) is 0 Å². The monoisotopic (exact) mass is 464 g/mol. The number of carboxylic acid groups (broad SMARTS) is 2. The topological polar surface area (TPSA) is 63.2 Å². The van der Waals surface area contributed by atoms with E-state index in [9.17, 15) is 0 Å². The summed E-state index contributed by atoms with van der Waals surface area (Å²) in [5.74, 6) is 0. The van der Waals surface area contributed by atoms with E-state index in [-0.39, 0.29) is 55.3 Å². The van der Waals surface area contributed by atoms with Gasteiger partial charge in [-0.2, -0.15) is 0 Å². The Morgan fingerprint density at radius 2 is 1.17 bits per heavy atom. The number of hydrogen-bond acceptors (Lipinski definition) is 3. The van der Waals surface area contributed by atoms with Gasteiger partial charge in [0, 0.05) is 0 Å². The van der Waals surface area contributed by atoms with Crippen LogP contribution in [-0.2, 0) is 55.3 Å². The van der Waals surface area contributed by atoms with E-state index in [2.05, 4.69) is 0 Å². The van der Waals surface area contributed by atoms with Gasteiger partial charge in [0.2, 0.25) is 0 Å². The van der Waals surface area contributed by atoms with Crippen LogP contribution in [0, 0.1) is 0 Å². The molecule has 5 heteroatoms. The summed E-state index contributed by atoms with van der Waals surface area (Å²) in [6.07, 6.45) is -2.33. The van der Waals surface area contributed by atoms with Crippen molar-refractivity contribution in [1.82, 2.24) is 0 Å². The first-order valence-electron chi connectivity index (χ1n) is 0.612. The first-order chi connectivity index (χ1) is 1.73. The minimum absolute atomic E-state index is 0. The third-order valence-corrected chi connectivity index (χ3v) is 0. The van der Waals surface area contributed by atoms with Gasteiger partial charge in [-0.05, 0) is 6.16 Å². The number of hydrogen-bond donors (Lipinski definition) is 0. The van der Waals surface area contributed by atoms with Crippen molar-refractivity contribution in [2.24, 2.45) is 0 Å². The first-order valence-corrected chi connectivity index (χ1v) is 0.612. The maximum absolute atomic E-state index is 8.33. The quantitative estimate of drug-likeness (QED) is 0.377. The second-order valence-corrected chi connectivity index (χ2v) is 0.250. The summed E-state index contributed by atoms with van der Waals surface area (Å²) in [5.41, 5.74) is 0. The molecule has 6 heavy (non-hydrogen) atoms. The van der Waals surface area contributed by atoms with Crippen LogP contribution in [0.5, 0.6) is 0 Å². The van der Waals surface area contributed by atoms with E-state index in [4.69, 9.17) is 15.0 Å². The second kappa shape index (κ2) is 9.46. The van der Waals surface area contributed by atoms with Gasteiger partial charge < -0.3 is 15.0 Å². The molecule has 0 unspecified atom stereocenters. The number of carbonyl (C=O) groups excluding carboxylic acids is 1. The van der Waals surface area contributed by atoms with E-state index >= 15 is 0 Å². The Morgan fingerprint density at radius 1 is 1.17 bits per heavy atom. The summed E-state index contributed by atoms with van der Waals surface area (Å²) >= 11 is 0. The molecule has 0 aromatic carbocycles. The maximum atomic E-state index is 8.33. The van der Waals surface area contributed by atoms with Crippen LogP contribution < -0.4 is 10.2 Å². The van der Waals surface area contributed by atoms with Gasteiger partial charge in [0.15, 0.2) is 0 Å². The van der Waals surface area contributed by atoms with E-state index in [0.717, 1.165) is 0 Å². The maximum Gasteiger partial charge on any atom is 1.00 e. The van der Waals surface area contributed by atoms with Crippen molar-refractivity contribution >= 4 is 6.16 Å². The smallest absolute Gasteiger partial charge is 0.652 e. The van der Waals surface area contributed by atoms with Crippen LogP contribution in [0.3, 0.4) is 0 Å². The van der Waals surface area contributed by atoms with Crippen LogP contribution in [0.1, 0.15) is 0 Å². The summed E-state index contributed by atoms with van der Waals surface area (Å²) in [5, 5.41) is 16.7. The molecule has 0 saturated heterocycles. The van der Waals surface area contributed by atoms with E-state index in [1.807, 2.05) is 0 Å². The third kappa shape index (κ3) is 67.8. The van der Waals surface area contributed by atoms with Crippen LogP contribution in [0.2, 0.25) is 0 Å². The van der Waals surface area contributed by atoms with Gasteiger partial charge in [-0.25, -0.2) is 0 Å². The molecule has 2 radical (unpaired) electrons. The number of rotatable bonds is 0. The van der Waals surface area contributed by atoms with Crippen molar-refractivity contribution in [3.63, 3.8) is 0 Å². The summed E-state index contributed by atoms with van der Waals surface area (Å²) in [4.78, 5) is 8.33. The van der Waals surface area contributed by atoms with Crippen LogP contribution >= 0.6 is 0 Å². The molecule has 0 aliphatic rings. The van der Waals surface area contributed by atoms with Gasteiger partial charge >= 0.3 is 55.3 Å². The molecule has 0 atom stereocenters. The molecule has 0 amide bonds. The molecule has 3 nitrogen and oxygen atoms in total. The predicted molar refractivity (Wildman–Crippen MR) is 5.40 cm³/mol. The Balaban J connectivity index is -0.0000000450. The van der Waals surface area contributed by atoms with Gasteiger partial charge in [-0.1, -0.05) is 0 Å². The van der Waals surface area contributed by atoms with Gasteiger partial charge in [-0.3, -0.25) is 0 Å². The molecule has 26 valence electrons. The van der Waals surface area contributed by atoms with Crippen LogP contribution in [0.4, 0.5) is 4.79 Å². The fraction of sp³-hybridized carbons (Fsp3) is 0. The summed E-state index contributed by atoms with van der Waals surface area (Å²) in [6.45, 7) is 0. The zero-order valence-electron chi connectivity index (χ0n) is 3.14. The zero-order chi connectivity index (χ0) is 3.58. The van der Waals surface area contributed by atoms with Gasteiger partial charge in [0.1, 0.15) is 0 Å². The molecule has 0 aliphatic carbocycles. The molecule has 0 aromatic rings. The van der Waals surface area contributed by atoms with E-state index in [1.165, 1.54) is 0 Å². The first kappa shape index (κ1) is 15.7. The van der Waals surface area contributed by atoms with Crippen molar-refractivity contribution in [2.75, 3.05) is 0 Å². The zero-order valence-corrected chi connectivity index (χ0v) is 14.1. The average molecular weight is 461 g/mol. The molecule has 0 bridgehead atoms. The largest absolute Gasteiger partial charge is 1.00 e. The van der Waals surface area contributed by atoms with Gasteiger partial charge in [-0.15, -0.1) is 0 Å². The van der Waals surface area contributed by atoms with E-state index < -0.39 is 6.16 Å². The summed E-state index contributed by atoms with van der Waals surface area (Å²) in [7, 11) is 0. The molecular weight excluding hydrogens is 461 g/mol. The van der Waals surface area contributed by atoms with Crippen molar-refractivity contribution in [1.29, 1.82) is 0 Å². The molecule has 0 N–H and O–H groups in total. The van der Waals surface area contributed by atoms with Crippen molar-refractivity contribution in [3.8, 4) is 0 Å². The Kier molecular flexibility index (Phi) is 24.8. The summed E-state index contributed by atoms with van der Waals surface area (Å²) < 4.78 is 0. The summed E-state index contributed by atoms with van der Waals surface area (Å²) in [6, 6.07) is 0. The SMILES string of the molecule is O=C([O-])[O-].[Hg+].[Hg+]. The molecule has 0 aliphatic heterocycles. The van der Waals surface area contributed by atoms with E-state index in [0.29, 0.717) is 0 Å². The van der Waals surface area contributed by atoms with Gasteiger partial charge in [0.25, 0.3) is 0 Å². The molecular formula is CHg2O3. The van der Waals surface area contributed by atoms with Crippen LogP contribution in [-0.4, -0.2) is 6.16 Å².